The van der Waals surface area contributed by atoms with Gasteiger partial charge in [-0.3, -0.25) is 0 Å². The molecular weight excluding hydrogens is 320 g/mol. The Bertz CT molecular complexity index is 706. The summed E-state index contributed by atoms with van der Waals surface area (Å²) in [5.41, 5.74) is 1.81. The topological polar surface area (TPSA) is 54.6 Å². The summed E-state index contributed by atoms with van der Waals surface area (Å²) in [6.45, 7) is 2.54. The molecule has 126 valence electrons. The van der Waals surface area contributed by atoms with Crippen molar-refractivity contribution in [3.63, 3.8) is 0 Å². The van der Waals surface area contributed by atoms with Crippen molar-refractivity contribution in [2.24, 2.45) is 10.9 Å². The monoisotopic (exact) mass is 342 g/mol. The number of hydrogen-bond acceptors (Lipinski definition) is 5. The van der Waals surface area contributed by atoms with Crippen molar-refractivity contribution >= 4 is 18.0 Å². The van der Waals surface area contributed by atoms with Gasteiger partial charge in [-0.1, -0.05) is 12.8 Å². The molecule has 3 rings (SSSR count). The third-order valence-corrected chi connectivity index (χ3v) is 5.92. The van der Waals surface area contributed by atoms with Crippen molar-refractivity contribution in [3.05, 3.63) is 34.4 Å². The Labute approximate surface area is 147 Å². The Morgan fingerprint density at radius 3 is 2.92 bits per heavy atom. The highest BCUT2D eigenvalue weighted by Crippen LogP contribution is 2.49. The minimum Gasteiger partial charge on any atom is -0.493 e. The lowest BCUT2D eigenvalue weighted by atomic mass is 9.84. The average molecular weight is 342 g/mol. The van der Waals surface area contributed by atoms with Crippen LogP contribution >= 0.6 is 11.8 Å². The molecule has 1 aromatic rings. The molecule has 0 amide bonds. The van der Waals surface area contributed by atoms with E-state index in [1.54, 1.807) is 18.9 Å². The van der Waals surface area contributed by atoms with Crippen molar-refractivity contribution < 1.29 is 9.47 Å². The Morgan fingerprint density at radius 2 is 2.17 bits per heavy atom. The molecule has 2 unspecified atom stereocenters. The Morgan fingerprint density at radius 1 is 1.33 bits per heavy atom. The van der Waals surface area contributed by atoms with Crippen LogP contribution in [0.5, 0.6) is 11.5 Å². The molecule has 0 spiro atoms. The SMILES string of the molecule is CCOc1ccc(C=NC2=C(C#N)C3CCCCC3S2)cc1OC. The number of benzene rings is 1. The average Bonchev–Trinajstić information content (AvgIpc) is 2.98. The molecular formula is C19H22N2O2S. The number of thioether (sulfide) groups is 1. The molecule has 0 aromatic heterocycles. The molecule has 5 heteroatoms. The minimum atomic E-state index is 0.399. The van der Waals surface area contributed by atoms with Crippen molar-refractivity contribution in [1.29, 1.82) is 5.26 Å². The fourth-order valence-electron chi connectivity index (χ4n) is 3.34. The zero-order chi connectivity index (χ0) is 16.9. The highest BCUT2D eigenvalue weighted by Gasteiger charge is 2.37. The van der Waals surface area contributed by atoms with Crippen molar-refractivity contribution in [1.82, 2.24) is 0 Å². The lowest BCUT2D eigenvalue weighted by molar-refractivity contribution is 0.311. The van der Waals surface area contributed by atoms with Crippen LogP contribution in [0.15, 0.2) is 33.8 Å². The first-order chi connectivity index (χ1) is 11.8. The van der Waals surface area contributed by atoms with Gasteiger partial charge in [0.15, 0.2) is 11.5 Å². The van der Waals surface area contributed by atoms with Crippen LogP contribution in [0.2, 0.25) is 0 Å². The molecule has 1 saturated carbocycles. The second-order valence-electron chi connectivity index (χ2n) is 5.98. The van der Waals surface area contributed by atoms with Crippen LogP contribution in [0.25, 0.3) is 0 Å². The molecule has 24 heavy (non-hydrogen) atoms. The maximum atomic E-state index is 9.52. The largest absolute Gasteiger partial charge is 0.493 e. The molecule has 0 radical (unpaired) electrons. The molecule has 4 nitrogen and oxygen atoms in total. The van der Waals surface area contributed by atoms with E-state index in [0.29, 0.717) is 23.5 Å². The van der Waals surface area contributed by atoms with Crippen molar-refractivity contribution in [2.45, 2.75) is 37.9 Å². The van der Waals surface area contributed by atoms with E-state index < -0.39 is 0 Å². The van der Waals surface area contributed by atoms with Gasteiger partial charge in [0.25, 0.3) is 0 Å². The second-order valence-corrected chi connectivity index (χ2v) is 7.21. The quantitative estimate of drug-likeness (QED) is 0.736. The van der Waals surface area contributed by atoms with Gasteiger partial charge in [0.1, 0.15) is 5.03 Å². The zero-order valence-corrected chi connectivity index (χ0v) is 14.9. The van der Waals surface area contributed by atoms with Crippen LogP contribution in [0.3, 0.4) is 0 Å². The van der Waals surface area contributed by atoms with Gasteiger partial charge < -0.3 is 9.47 Å². The summed E-state index contributed by atoms with van der Waals surface area (Å²) in [6.07, 6.45) is 6.61. The van der Waals surface area contributed by atoms with Crippen LogP contribution in [-0.4, -0.2) is 25.2 Å². The van der Waals surface area contributed by atoms with Gasteiger partial charge in [-0.05, 0) is 43.5 Å². The minimum absolute atomic E-state index is 0.399. The number of nitrogens with zero attached hydrogens (tertiary/aromatic N) is 2. The number of allylic oxidation sites excluding steroid dienone is 1. The van der Waals surface area contributed by atoms with Gasteiger partial charge in [-0.15, -0.1) is 11.8 Å². The summed E-state index contributed by atoms with van der Waals surface area (Å²) < 4.78 is 10.9. The van der Waals surface area contributed by atoms with Crippen LogP contribution < -0.4 is 9.47 Å². The number of hydrogen-bond donors (Lipinski definition) is 0. The van der Waals surface area contributed by atoms with E-state index in [9.17, 15) is 5.26 Å². The maximum Gasteiger partial charge on any atom is 0.161 e. The first kappa shape index (κ1) is 16.9. The highest BCUT2D eigenvalue weighted by atomic mass is 32.2. The summed E-state index contributed by atoms with van der Waals surface area (Å²) >= 11 is 1.77. The number of aliphatic imine (C=N–C) groups is 1. The van der Waals surface area contributed by atoms with Crippen LogP contribution in [0.1, 0.15) is 38.2 Å². The molecule has 1 aliphatic carbocycles. The fourth-order valence-corrected chi connectivity index (χ4v) is 4.78. The Kier molecular flexibility index (Phi) is 5.47. The van der Waals surface area contributed by atoms with Gasteiger partial charge >= 0.3 is 0 Å². The molecule has 2 aliphatic rings. The normalized spacial score (nSPS) is 23.2. The third-order valence-electron chi connectivity index (χ3n) is 4.51. The standard InChI is InChI=1S/C19H22N2O2S/c1-3-23-16-9-8-13(10-17(16)22-2)12-21-19-15(11-20)14-6-4-5-7-18(14)24-19/h8-10,12,14,18H,3-7H2,1-2H3. The van der Waals surface area contributed by atoms with Gasteiger partial charge in [0.2, 0.25) is 0 Å². The molecule has 0 N–H and O–H groups in total. The van der Waals surface area contributed by atoms with Crippen LogP contribution in [-0.2, 0) is 0 Å². The van der Waals surface area contributed by atoms with E-state index in [2.05, 4.69) is 11.1 Å². The predicted octanol–water partition coefficient (Wildman–Crippen LogP) is 4.55. The zero-order valence-electron chi connectivity index (χ0n) is 14.1. The van der Waals surface area contributed by atoms with E-state index in [1.807, 2.05) is 31.3 Å². The summed E-state index contributed by atoms with van der Waals surface area (Å²) in [7, 11) is 1.63. The van der Waals surface area contributed by atoms with Gasteiger partial charge in [-0.25, -0.2) is 4.99 Å². The summed E-state index contributed by atoms with van der Waals surface area (Å²) in [4.78, 5) is 4.62. The number of fused-ring (bicyclic) bond motifs is 1. The molecule has 1 aliphatic heterocycles. The number of methoxy groups -OCH3 is 1. The molecule has 2 atom stereocenters. The third kappa shape index (κ3) is 3.44. The number of ether oxygens (including phenoxy) is 2. The summed E-state index contributed by atoms with van der Waals surface area (Å²) in [5.74, 6) is 1.83. The highest BCUT2D eigenvalue weighted by molar-refractivity contribution is 8.04. The Hall–Kier alpha value is -1.93. The lowest BCUT2D eigenvalue weighted by Gasteiger charge is -2.24. The van der Waals surface area contributed by atoms with E-state index in [1.165, 1.54) is 19.3 Å². The molecule has 0 bridgehead atoms. The van der Waals surface area contributed by atoms with Crippen LogP contribution in [0.4, 0.5) is 0 Å². The molecule has 0 saturated heterocycles. The molecule has 1 aromatic carbocycles. The second kappa shape index (κ2) is 7.76. The van der Waals surface area contributed by atoms with E-state index in [-0.39, 0.29) is 0 Å². The molecule has 1 fully saturated rings. The maximum absolute atomic E-state index is 9.52. The van der Waals surface area contributed by atoms with E-state index in [4.69, 9.17) is 9.47 Å². The first-order valence-electron chi connectivity index (χ1n) is 8.42. The van der Waals surface area contributed by atoms with Crippen molar-refractivity contribution in [3.8, 4) is 17.6 Å². The first-order valence-corrected chi connectivity index (χ1v) is 9.30. The number of rotatable bonds is 5. The van der Waals surface area contributed by atoms with Gasteiger partial charge in [-0.2, -0.15) is 5.26 Å². The predicted molar refractivity (Wildman–Crippen MR) is 97.7 cm³/mol. The number of nitriles is 1. The van der Waals surface area contributed by atoms with Gasteiger partial charge in [0.05, 0.1) is 25.4 Å². The van der Waals surface area contributed by atoms with E-state index >= 15 is 0 Å². The van der Waals surface area contributed by atoms with Crippen LogP contribution in [0, 0.1) is 17.2 Å². The lowest BCUT2D eigenvalue weighted by Crippen LogP contribution is -2.18. The smallest absolute Gasteiger partial charge is 0.161 e. The van der Waals surface area contributed by atoms with Crippen molar-refractivity contribution in [2.75, 3.05) is 13.7 Å². The van der Waals surface area contributed by atoms with Gasteiger partial charge in [0, 0.05) is 17.4 Å². The summed E-state index contributed by atoms with van der Waals surface area (Å²) in [6, 6.07) is 8.16. The fraction of sp³-hybridized carbons (Fsp3) is 0.474. The van der Waals surface area contributed by atoms with E-state index in [0.717, 1.165) is 28.3 Å². The molecule has 1 heterocycles. The summed E-state index contributed by atoms with van der Waals surface area (Å²) in [5, 5.41) is 10.9. The Balaban J connectivity index is 1.81.